The van der Waals surface area contributed by atoms with Crippen molar-refractivity contribution in [1.82, 2.24) is 0 Å². The largest absolute Gasteiger partial charge is 0.495 e. The molecule has 0 aromatic heterocycles. The van der Waals surface area contributed by atoms with Crippen molar-refractivity contribution in [2.24, 2.45) is 23.2 Å². The Balaban J connectivity index is 3.58. The first-order valence-electron chi connectivity index (χ1n) is 8.60. The Labute approximate surface area is 157 Å². The Bertz CT molecular complexity index is 657. The summed E-state index contributed by atoms with van der Waals surface area (Å²) in [6.07, 6.45) is 0. The van der Waals surface area contributed by atoms with Crippen LogP contribution in [0.3, 0.4) is 0 Å². The molecule has 0 unspecified atom stereocenters. The number of rotatable bonds is 5. The quantitative estimate of drug-likeness (QED) is 0.515. The van der Waals surface area contributed by atoms with Gasteiger partial charge in [-0.05, 0) is 29.9 Å². The summed E-state index contributed by atoms with van der Waals surface area (Å²) < 4.78 is 10.1. The summed E-state index contributed by atoms with van der Waals surface area (Å²) in [5.74, 6) is 7.81. The Hall–Kier alpha value is -1.66. The average molecular weight is 365 g/mol. The number of carbonyl (C=O) groups excluding carboxylic acids is 1. The summed E-state index contributed by atoms with van der Waals surface area (Å²) in [6.45, 7) is 13.2. The average Bonchev–Trinajstić information content (AvgIpc) is 2.54. The molecule has 1 aromatic carbocycles. The van der Waals surface area contributed by atoms with Crippen LogP contribution in [0.25, 0.3) is 0 Å². The van der Waals surface area contributed by atoms with Crippen molar-refractivity contribution in [3.63, 3.8) is 0 Å². The molecular weight excluding hydrogens is 336 g/mol. The standard InChI is InChI=1S/C21H29ClO3/c1-13(2)21(14(3)4,15(5)6)10-9-16-11-17(20(23)25-8)12-18(24-7)19(16)22/h11-15H,1-8H3. The predicted octanol–water partition coefficient (Wildman–Crippen LogP) is 5.44. The van der Waals surface area contributed by atoms with E-state index >= 15 is 0 Å². The number of hydrogen-bond acceptors (Lipinski definition) is 3. The molecule has 0 spiro atoms. The van der Waals surface area contributed by atoms with Gasteiger partial charge in [0.2, 0.25) is 0 Å². The van der Waals surface area contributed by atoms with E-state index in [4.69, 9.17) is 21.1 Å². The Morgan fingerprint density at radius 3 is 1.96 bits per heavy atom. The number of ether oxygens (including phenoxy) is 2. The van der Waals surface area contributed by atoms with E-state index < -0.39 is 5.97 Å². The molecule has 0 saturated heterocycles. The second kappa shape index (κ2) is 8.63. The monoisotopic (exact) mass is 364 g/mol. The Kier molecular flexibility index (Phi) is 7.38. The summed E-state index contributed by atoms with van der Waals surface area (Å²) in [6, 6.07) is 3.23. The number of benzene rings is 1. The molecule has 0 aliphatic rings. The van der Waals surface area contributed by atoms with E-state index in [1.165, 1.54) is 14.2 Å². The van der Waals surface area contributed by atoms with Gasteiger partial charge >= 0.3 is 5.97 Å². The molecule has 1 aromatic rings. The lowest BCUT2D eigenvalue weighted by molar-refractivity contribution is 0.0600. The molecular formula is C21H29ClO3. The van der Waals surface area contributed by atoms with Crippen LogP contribution in [0.2, 0.25) is 5.02 Å². The SMILES string of the molecule is COC(=O)c1cc(C#CC(C(C)C)(C(C)C)C(C)C)c(Cl)c(OC)c1. The van der Waals surface area contributed by atoms with Crippen molar-refractivity contribution < 1.29 is 14.3 Å². The molecule has 25 heavy (non-hydrogen) atoms. The first-order valence-corrected chi connectivity index (χ1v) is 8.98. The van der Waals surface area contributed by atoms with E-state index in [1.54, 1.807) is 12.1 Å². The molecule has 0 atom stereocenters. The first kappa shape index (κ1) is 21.4. The van der Waals surface area contributed by atoms with E-state index in [2.05, 4.69) is 53.4 Å². The zero-order valence-corrected chi connectivity index (χ0v) is 17.2. The van der Waals surface area contributed by atoms with E-state index in [0.29, 0.717) is 39.7 Å². The fourth-order valence-corrected chi connectivity index (χ4v) is 3.92. The highest BCUT2D eigenvalue weighted by atomic mass is 35.5. The van der Waals surface area contributed by atoms with Crippen LogP contribution in [-0.2, 0) is 4.74 Å². The normalized spacial score (nSPS) is 11.5. The highest BCUT2D eigenvalue weighted by Crippen LogP contribution is 2.42. The van der Waals surface area contributed by atoms with Gasteiger partial charge in [0.25, 0.3) is 0 Å². The maximum Gasteiger partial charge on any atom is 0.338 e. The summed E-state index contributed by atoms with van der Waals surface area (Å²) in [5, 5.41) is 0.410. The van der Waals surface area contributed by atoms with E-state index in [0.717, 1.165) is 0 Å². The Morgan fingerprint density at radius 1 is 1.04 bits per heavy atom. The van der Waals surface area contributed by atoms with Gasteiger partial charge in [-0.2, -0.15) is 0 Å². The minimum Gasteiger partial charge on any atom is -0.495 e. The van der Waals surface area contributed by atoms with Gasteiger partial charge in [0, 0.05) is 11.0 Å². The smallest absolute Gasteiger partial charge is 0.338 e. The van der Waals surface area contributed by atoms with Crippen molar-refractivity contribution in [2.45, 2.75) is 41.5 Å². The minimum atomic E-state index is -0.444. The molecule has 0 fully saturated rings. The zero-order valence-electron chi connectivity index (χ0n) is 16.5. The molecule has 0 heterocycles. The molecule has 0 aliphatic carbocycles. The van der Waals surface area contributed by atoms with E-state index in [-0.39, 0.29) is 5.41 Å². The van der Waals surface area contributed by atoms with Gasteiger partial charge in [-0.3, -0.25) is 0 Å². The topological polar surface area (TPSA) is 35.5 Å². The second-order valence-corrected chi connectivity index (χ2v) is 7.56. The molecule has 4 heteroatoms. The Morgan fingerprint density at radius 2 is 1.56 bits per heavy atom. The highest BCUT2D eigenvalue weighted by molar-refractivity contribution is 6.33. The molecule has 138 valence electrons. The molecule has 0 radical (unpaired) electrons. The maximum absolute atomic E-state index is 11.9. The molecule has 0 aliphatic heterocycles. The first-order chi connectivity index (χ1) is 11.6. The van der Waals surface area contributed by atoms with E-state index in [9.17, 15) is 4.79 Å². The summed E-state index contributed by atoms with van der Waals surface area (Å²) in [5.41, 5.74) is 0.794. The van der Waals surface area contributed by atoms with Crippen LogP contribution in [0, 0.1) is 35.0 Å². The third kappa shape index (κ3) is 4.30. The highest BCUT2D eigenvalue weighted by Gasteiger charge is 2.38. The lowest BCUT2D eigenvalue weighted by Gasteiger charge is -2.40. The van der Waals surface area contributed by atoms with Crippen LogP contribution >= 0.6 is 11.6 Å². The predicted molar refractivity (Wildman–Crippen MR) is 103 cm³/mol. The fraction of sp³-hybridized carbons (Fsp3) is 0.571. The number of esters is 1. The van der Waals surface area contributed by atoms with Crippen molar-refractivity contribution in [3.8, 4) is 17.6 Å². The van der Waals surface area contributed by atoms with Gasteiger partial charge in [0.1, 0.15) is 5.75 Å². The summed E-state index contributed by atoms with van der Waals surface area (Å²) >= 11 is 6.42. The van der Waals surface area contributed by atoms with Crippen molar-refractivity contribution in [1.29, 1.82) is 0 Å². The molecule has 0 N–H and O–H groups in total. The van der Waals surface area contributed by atoms with Gasteiger partial charge in [0.15, 0.2) is 0 Å². The summed E-state index contributed by atoms with van der Waals surface area (Å²) in [7, 11) is 2.86. The van der Waals surface area contributed by atoms with Gasteiger partial charge in [0.05, 0.1) is 24.8 Å². The third-order valence-electron chi connectivity index (χ3n) is 4.96. The van der Waals surface area contributed by atoms with Crippen LogP contribution in [0.4, 0.5) is 0 Å². The molecule has 1 rings (SSSR count). The summed E-state index contributed by atoms with van der Waals surface area (Å²) in [4.78, 5) is 11.9. The molecule has 3 nitrogen and oxygen atoms in total. The number of methoxy groups -OCH3 is 2. The molecule has 0 amide bonds. The lowest BCUT2D eigenvalue weighted by atomic mass is 9.62. The molecule has 0 saturated carbocycles. The fourth-order valence-electron chi connectivity index (χ4n) is 3.68. The molecule has 0 bridgehead atoms. The van der Waals surface area contributed by atoms with Crippen LogP contribution in [0.5, 0.6) is 5.75 Å². The van der Waals surface area contributed by atoms with Crippen molar-refractivity contribution in [2.75, 3.05) is 14.2 Å². The van der Waals surface area contributed by atoms with Crippen molar-refractivity contribution in [3.05, 3.63) is 28.3 Å². The number of hydrogen-bond donors (Lipinski definition) is 0. The van der Waals surface area contributed by atoms with Crippen LogP contribution < -0.4 is 4.74 Å². The van der Waals surface area contributed by atoms with Crippen LogP contribution in [0.1, 0.15) is 57.5 Å². The zero-order chi connectivity index (χ0) is 19.4. The third-order valence-corrected chi connectivity index (χ3v) is 5.35. The van der Waals surface area contributed by atoms with Gasteiger partial charge in [-0.1, -0.05) is 65.0 Å². The van der Waals surface area contributed by atoms with E-state index in [1.807, 2.05) is 0 Å². The van der Waals surface area contributed by atoms with Crippen LogP contribution in [-0.4, -0.2) is 20.2 Å². The minimum absolute atomic E-state index is 0.155. The number of carbonyl (C=O) groups is 1. The van der Waals surface area contributed by atoms with Gasteiger partial charge in [-0.15, -0.1) is 0 Å². The number of halogens is 1. The lowest BCUT2D eigenvalue weighted by Crippen LogP contribution is -2.37. The van der Waals surface area contributed by atoms with Gasteiger partial charge in [-0.25, -0.2) is 4.79 Å². The maximum atomic E-state index is 11.9. The second-order valence-electron chi connectivity index (χ2n) is 7.18. The van der Waals surface area contributed by atoms with Crippen LogP contribution in [0.15, 0.2) is 12.1 Å². The van der Waals surface area contributed by atoms with Gasteiger partial charge < -0.3 is 9.47 Å². The van der Waals surface area contributed by atoms with Crippen molar-refractivity contribution >= 4 is 17.6 Å².